The Labute approximate surface area is 171 Å². The van der Waals surface area contributed by atoms with Crippen LogP contribution >= 0.6 is 11.3 Å². The molecule has 3 heterocycles. The van der Waals surface area contributed by atoms with Gasteiger partial charge in [0.15, 0.2) is 0 Å². The smallest absolute Gasteiger partial charge is 0.127 e. The summed E-state index contributed by atoms with van der Waals surface area (Å²) in [6.45, 7) is 0. The van der Waals surface area contributed by atoms with Crippen LogP contribution in [-0.2, 0) is 0 Å². The summed E-state index contributed by atoms with van der Waals surface area (Å²) in [5.41, 5.74) is 4.34. The third-order valence-corrected chi connectivity index (χ3v) is 5.89. The van der Waals surface area contributed by atoms with E-state index in [4.69, 9.17) is 4.98 Å². The molecule has 2 aromatic carbocycles. The Morgan fingerprint density at radius 1 is 0.862 bits per heavy atom. The monoisotopic (exact) mass is 395 g/mol. The van der Waals surface area contributed by atoms with Crippen molar-refractivity contribution in [2.75, 3.05) is 0 Å². The average Bonchev–Trinajstić information content (AvgIpc) is 3.42. The van der Waals surface area contributed by atoms with E-state index in [1.807, 2.05) is 95.8 Å². The number of rotatable bonds is 4. The fraction of sp³-hybridized carbons (Fsp3) is 0. The van der Waals surface area contributed by atoms with Crippen molar-refractivity contribution >= 4 is 27.5 Å². The molecule has 0 N–H and O–H groups in total. The van der Waals surface area contributed by atoms with Crippen molar-refractivity contribution in [1.29, 1.82) is 0 Å². The van der Waals surface area contributed by atoms with Gasteiger partial charge >= 0.3 is 0 Å². The number of benzene rings is 2. The highest BCUT2D eigenvalue weighted by Gasteiger charge is 2.21. The summed E-state index contributed by atoms with van der Waals surface area (Å²) in [6.07, 6.45) is 3.68. The zero-order valence-corrected chi connectivity index (χ0v) is 16.1. The van der Waals surface area contributed by atoms with E-state index in [1.165, 1.54) is 0 Å². The van der Waals surface area contributed by atoms with E-state index < -0.39 is 5.97 Å². The van der Waals surface area contributed by atoms with Crippen LogP contribution in [0.5, 0.6) is 0 Å². The molecule has 0 amide bonds. The highest BCUT2D eigenvalue weighted by Crippen LogP contribution is 2.41. The van der Waals surface area contributed by atoms with Crippen molar-refractivity contribution in [3.63, 3.8) is 0 Å². The molecule has 5 heteroatoms. The molecule has 0 unspecified atom stereocenters. The van der Waals surface area contributed by atoms with Crippen LogP contribution in [0.15, 0.2) is 91.3 Å². The molecular weight excluding hydrogens is 380 g/mol. The number of aromatic nitrogens is 2. The van der Waals surface area contributed by atoms with Crippen LogP contribution in [0.2, 0.25) is 0 Å². The summed E-state index contributed by atoms with van der Waals surface area (Å²) in [4.78, 5) is 17.6. The number of hydrogen-bond donors (Lipinski definition) is 0. The third-order valence-electron chi connectivity index (χ3n) is 4.84. The lowest BCUT2D eigenvalue weighted by atomic mass is 9.99. The van der Waals surface area contributed by atoms with E-state index in [2.05, 4.69) is 0 Å². The number of carbonyl (C=O) groups excluding carboxylic acids is 1. The van der Waals surface area contributed by atoms with Gasteiger partial charge in [-0.2, -0.15) is 0 Å². The number of pyridine rings is 1. The maximum Gasteiger partial charge on any atom is 0.127 e. The minimum absolute atomic E-state index is 0.172. The van der Waals surface area contributed by atoms with Crippen molar-refractivity contribution in [2.24, 2.45) is 0 Å². The Bertz CT molecular complexity index is 1310. The zero-order chi connectivity index (χ0) is 19.8. The van der Waals surface area contributed by atoms with Crippen molar-refractivity contribution in [1.82, 2.24) is 9.55 Å². The van der Waals surface area contributed by atoms with Crippen LogP contribution < -0.4 is 5.11 Å². The lowest BCUT2D eigenvalue weighted by Gasteiger charge is -2.12. The first-order valence-electron chi connectivity index (χ1n) is 9.15. The molecule has 0 radical (unpaired) electrons. The maximum absolute atomic E-state index is 11.9. The molecule has 0 saturated carbocycles. The SMILES string of the molecule is O=C([O-])c1sc2nc(-c3ccccc3)cc(-c3ccccc3)c2c1-n1cccc1. The molecule has 0 aliphatic rings. The summed E-state index contributed by atoms with van der Waals surface area (Å²) < 4.78 is 1.82. The summed E-state index contributed by atoms with van der Waals surface area (Å²) in [5.74, 6) is -1.20. The highest BCUT2D eigenvalue weighted by molar-refractivity contribution is 7.21. The second-order valence-corrected chi connectivity index (χ2v) is 7.62. The predicted molar refractivity (Wildman–Crippen MR) is 114 cm³/mol. The molecule has 29 heavy (non-hydrogen) atoms. The van der Waals surface area contributed by atoms with E-state index in [0.29, 0.717) is 10.5 Å². The molecule has 5 aromatic rings. The van der Waals surface area contributed by atoms with Crippen LogP contribution in [0.1, 0.15) is 9.67 Å². The van der Waals surface area contributed by atoms with Crippen LogP contribution in [-0.4, -0.2) is 15.5 Å². The average molecular weight is 395 g/mol. The van der Waals surface area contributed by atoms with Gasteiger partial charge in [-0.1, -0.05) is 60.7 Å². The normalized spacial score (nSPS) is 11.0. The first-order chi connectivity index (χ1) is 14.2. The van der Waals surface area contributed by atoms with E-state index >= 15 is 0 Å². The summed E-state index contributed by atoms with van der Waals surface area (Å²) in [6, 6.07) is 25.7. The number of nitrogens with zero attached hydrogens (tertiary/aromatic N) is 2. The van der Waals surface area contributed by atoms with E-state index in [9.17, 15) is 9.90 Å². The molecule has 4 nitrogen and oxygen atoms in total. The molecule has 140 valence electrons. The van der Waals surface area contributed by atoms with Crippen LogP contribution in [0.25, 0.3) is 38.3 Å². The molecule has 0 fully saturated rings. The van der Waals surface area contributed by atoms with Gasteiger partial charge in [0.2, 0.25) is 0 Å². The minimum Gasteiger partial charge on any atom is -0.544 e. The number of fused-ring (bicyclic) bond motifs is 1. The van der Waals surface area contributed by atoms with Crippen molar-refractivity contribution in [2.45, 2.75) is 0 Å². The molecule has 0 spiro atoms. The molecule has 0 atom stereocenters. The number of carboxylic acids is 1. The summed E-state index contributed by atoms with van der Waals surface area (Å²) in [7, 11) is 0. The second kappa shape index (κ2) is 7.04. The molecule has 0 bridgehead atoms. The Morgan fingerprint density at radius 3 is 2.10 bits per heavy atom. The van der Waals surface area contributed by atoms with Gasteiger partial charge in [-0.15, -0.1) is 11.3 Å². The number of carboxylic acid groups (broad SMARTS) is 1. The number of thiophene rings is 1. The van der Waals surface area contributed by atoms with Crippen molar-refractivity contribution in [3.05, 3.63) is 96.1 Å². The lowest BCUT2D eigenvalue weighted by Crippen LogP contribution is -2.22. The summed E-state index contributed by atoms with van der Waals surface area (Å²) >= 11 is 1.15. The lowest BCUT2D eigenvalue weighted by molar-refractivity contribution is -0.254. The molecule has 0 aliphatic heterocycles. The highest BCUT2D eigenvalue weighted by atomic mass is 32.1. The van der Waals surface area contributed by atoms with Crippen LogP contribution in [0.3, 0.4) is 0 Å². The molecule has 5 rings (SSSR count). The first-order valence-corrected chi connectivity index (χ1v) is 9.97. The predicted octanol–water partition coefficient (Wildman–Crippen LogP) is 4.78. The fourth-order valence-electron chi connectivity index (χ4n) is 3.55. The number of carbonyl (C=O) groups is 1. The second-order valence-electron chi connectivity index (χ2n) is 6.62. The topological polar surface area (TPSA) is 57.9 Å². The van der Waals surface area contributed by atoms with Gasteiger partial charge in [-0.05, 0) is 29.3 Å². The van der Waals surface area contributed by atoms with Gasteiger partial charge in [0.25, 0.3) is 0 Å². The van der Waals surface area contributed by atoms with Gasteiger partial charge in [-0.3, -0.25) is 0 Å². The van der Waals surface area contributed by atoms with Crippen LogP contribution in [0.4, 0.5) is 0 Å². The Balaban J connectivity index is 1.91. The quantitative estimate of drug-likeness (QED) is 0.440. The molecule has 0 aliphatic carbocycles. The molecule has 0 saturated heterocycles. The standard InChI is InChI=1S/C24H16N2O2S/c27-24(28)22-21(26-13-7-8-14-26)20-18(16-9-3-1-4-10-16)15-19(25-23(20)29-22)17-11-5-2-6-12-17/h1-15H,(H,27,28)/p-1. The van der Waals surface area contributed by atoms with Crippen LogP contribution in [0, 0.1) is 0 Å². The minimum atomic E-state index is -1.20. The van der Waals surface area contributed by atoms with Crippen molar-refractivity contribution < 1.29 is 9.90 Å². The van der Waals surface area contributed by atoms with E-state index in [-0.39, 0.29) is 4.88 Å². The van der Waals surface area contributed by atoms with Gasteiger partial charge < -0.3 is 14.5 Å². The number of aromatic carboxylic acids is 1. The zero-order valence-electron chi connectivity index (χ0n) is 15.3. The van der Waals surface area contributed by atoms with Gasteiger partial charge in [-0.25, -0.2) is 4.98 Å². The maximum atomic E-state index is 11.9. The van der Waals surface area contributed by atoms with Gasteiger partial charge in [0, 0.05) is 23.3 Å². The molecule has 3 aromatic heterocycles. The third kappa shape index (κ3) is 3.02. The number of hydrogen-bond acceptors (Lipinski definition) is 4. The Hall–Kier alpha value is -3.70. The first kappa shape index (κ1) is 17.4. The fourth-order valence-corrected chi connectivity index (χ4v) is 4.59. The van der Waals surface area contributed by atoms with Crippen molar-refractivity contribution in [3.8, 4) is 28.1 Å². The van der Waals surface area contributed by atoms with E-state index in [0.717, 1.165) is 39.1 Å². The largest absolute Gasteiger partial charge is 0.544 e. The van der Waals surface area contributed by atoms with Gasteiger partial charge in [0.05, 0.1) is 22.2 Å². The van der Waals surface area contributed by atoms with Gasteiger partial charge in [0.1, 0.15) is 4.83 Å². The summed E-state index contributed by atoms with van der Waals surface area (Å²) in [5, 5.41) is 12.8. The Morgan fingerprint density at radius 2 is 1.48 bits per heavy atom. The Kier molecular flexibility index (Phi) is 4.22. The van der Waals surface area contributed by atoms with E-state index in [1.54, 1.807) is 0 Å². The molecular formula is C24H15N2O2S-.